The van der Waals surface area contributed by atoms with Crippen LogP contribution in [0.5, 0.6) is 5.75 Å². The number of aliphatic hydroxyl groups excluding tert-OH is 1. The minimum atomic E-state index is -0.455. The summed E-state index contributed by atoms with van der Waals surface area (Å²) in [6.07, 6.45) is 0.908. The highest BCUT2D eigenvalue weighted by atomic mass is 16.5. The lowest BCUT2D eigenvalue weighted by Gasteiger charge is -2.17. The molecule has 17 heavy (non-hydrogen) atoms. The molecule has 1 aromatic rings. The van der Waals surface area contributed by atoms with Crippen LogP contribution >= 0.6 is 0 Å². The molecule has 0 amide bonds. The Morgan fingerprint density at radius 2 is 2.06 bits per heavy atom. The summed E-state index contributed by atoms with van der Waals surface area (Å²) < 4.78 is 5.15. The van der Waals surface area contributed by atoms with Gasteiger partial charge in [-0.05, 0) is 5.92 Å². The molecule has 0 saturated heterocycles. The molecule has 0 fully saturated rings. The number of aliphatic hydroxyl groups is 1. The van der Waals surface area contributed by atoms with Crippen LogP contribution in [0.1, 0.15) is 13.8 Å². The lowest BCUT2D eigenvalue weighted by atomic mass is 10.1. The van der Waals surface area contributed by atoms with Crippen LogP contribution in [-0.2, 0) is 0 Å². The van der Waals surface area contributed by atoms with E-state index >= 15 is 0 Å². The van der Waals surface area contributed by atoms with Crippen LogP contribution < -0.4 is 21.3 Å². The van der Waals surface area contributed by atoms with Crippen molar-refractivity contribution in [2.75, 3.05) is 24.4 Å². The van der Waals surface area contributed by atoms with Crippen LogP contribution in [0.25, 0.3) is 0 Å². The molecule has 1 atom stereocenters. The Morgan fingerprint density at radius 1 is 1.41 bits per heavy atom. The van der Waals surface area contributed by atoms with E-state index in [0.717, 1.165) is 0 Å². The number of hydrogen-bond acceptors (Lipinski definition) is 7. The Kier molecular flexibility index (Phi) is 4.92. The number of ether oxygens (including phenoxy) is 1. The molecule has 7 nitrogen and oxygen atoms in total. The van der Waals surface area contributed by atoms with E-state index in [1.165, 1.54) is 13.4 Å². The maximum Gasteiger partial charge on any atom is 0.205 e. The topological polar surface area (TPSA) is 105 Å². The van der Waals surface area contributed by atoms with Crippen LogP contribution in [-0.4, -0.2) is 34.8 Å². The first-order valence-electron chi connectivity index (χ1n) is 5.37. The molecule has 1 aromatic heterocycles. The summed E-state index contributed by atoms with van der Waals surface area (Å²) in [4.78, 5) is 7.95. The molecule has 1 rings (SSSR count). The number of nitrogens with two attached hydrogens (primary N) is 1. The standard InChI is InChI=1S/C10H19N5O2/c1-6(2)7(16)4-12-9-8(17-3)10(15-11)14-5-13-9/h5-7,16H,4,11H2,1-3H3,(H2,12,13,14,15). The van der Waals surface area contributed by atoms with Gasteiger partial charge in [0.15, 0.2) is 11.6 Å². The van der Waals surface area contributed by atoms with Crippen molar-refractivity contribution in [1.82, 2.24) is 9.97 Å². The van der Waals surface area contributed by atoms with Crippen molar-refractivity contribution in [3.05, 3.63) is 6.33 Å². The summed E-state index contributed by atoms with van der Waals surface area (Å²) in [5.74, 6) is 6.78. The first-order chi connectivity index (χ1) is 8.10. The highest BCUT2D eigenvalue weighted by Gasteiger charge is 2.14. The van der Waals surface area contributed by atoms with Gasteiger partial charge in [0, 0.05) is 6.54 Å². The van der Waals surface area contributed by atoms with Crippen LogP contribution in [0.4, 0.5) is 11.6 Å². The van der Waals surface area contributed by atoms with Gasteiger partial charge in [0.05, 0.1) is 13.2 Å². The van der Waals surface area contributed by atoms with Gasteiger partial charge in [-0.3, -0.25) is 0 Å². The fraction of sp³-hybridized carbons (Fsp3) is 0.600. The molecule has 0 aliphatic carbocycles. The Hall–Kier alpha value is -1.60. The molecule has 0 aliphatic heterocycles. The molecule has 5 N–H and O–H groups in total. The van der Waals surface area contributed by atoms with Crippen LogP contribution in [0.3, 0.4) is 0 Å². The summed E-state index contributed by atoms with van der Waals surface area (Å²) >= 11 is 0. The summed E-state index contributed by atoms with van der Waals surface area (Å²) in [5.41, 5.74) is 2.42. The Bertz CT molecular complexity index is 359. The molecule has 0 saturated carbocycles. The molecule has 0 aliphatic rings. The van der Waals surface area contributed by atoms with Gasteiger partial charge < -0.3 is 20.6 Å². The van der Waals surface area contributed by atoms with E-state index in [2.05, 4.69) is 20.7 Å². The van der Waals surface area contributed by atoms with Crippen molar-refractivity contribution in [2.45, 2.75) is 20.0 Å². The molecule has 96 valence electrons. The third kappa shape index (κ3) is 3.43. The lowest BCUT2D eigenvalue weighted by molar-refractivity contribution is 0.137. The Labute approximate surface area is 100 Å². The molecule has 0 bridgehead atoms. The van der Waals surface area contributed by atoms with Crippen molar-refractivity contribution in [2.24, 2.45) is 11.8 Å². The molecule has 0 spiro atoms. The largest absolute Gasteiger partial charge is 0.490 e. The number of nitrogen functional groups attached to an aromatic ring is 1. The third-order valence-electron chi connectivity index (χ3n) is 2.39. The van der Waals surface area contributed by atoms with Gasteiger partial charge in [-0.25, -0.2) is 15.8 Å². The summed E-state index contributed by atoms with van der Waals surface area (Å²) in [6.45, 7) is 4.27. The van der Waals surface area contributed by atoms with E-state index in [0.29, 0.717) is 23.9 Å². The second-order valence-corrected chi connectivity index (χ2v) is 3.94. The zero-order valence-corrected chi connectivity index (χ0v) is 10.3. The molecular weight excluding hydrogens is 222 g/mol. The number of hydrogen-bond donors (Lipinski definition) is 4. The van der Waals surface area contributed by atoms with Gasteiger partial charge in [0.25, 0.3) is 0 Å². The maximum atomic E-state index is 9.69. The first-order valence-corrected chi connectivity index (χ1v) is 5.37. The molecule has 1 heterocycles. The Balaban J connectivity index is 2.77. The number of rotatable bonds is 6. The first kappa shape index (κ1) is 13.5. The average molecular weight is 241 g/mol. The predicted octanol–water partition coefficient (Wildman–Crippen LogP) is 0.200. The number of nitrogens with one attached hydrogen (secondary N) is 2. The van der Waals surface area contributed by atoms with Gasteiger partial charge in [-0.15, -0.1) is 0 Å². The van der Waals surface area contributed by atoms with E-state index in [1.807, 2.05) is 13.8 Å². The highest BCUT2D eigenvalue weighted by molar-refractivity contribution is 5.62. The van der Waals surface area contributed by atoms with Gasteiger partial charge in [0.1, 0.15) is 6.33 Å². The summed E-state index contributed by atoms with van der Waals surface area (Å²) in [7, 11) is 1.50. The molecular formula is C10H19N5O2. The van der Waals surface area contributed by atoms with Crippen LogP contribution in [0, 0.1) is 5.92 Å². The number of methoxy groups -OCH3 is 1. The second kappa shape index (κ2) is 6.21. The number of nitrogens with zero attached hydrogens (tertiary/aromatic N) is 2. The fourth-order valence-electron chi connectivity index (χ4n) is 1.23. The van der Waals surface area contributed by atoms with Gasteiger partial charge >= 0.3 is 0 Å². The number of aromatic nitrogens is 2. The van der Waals surface area contributed by atoms with Crippen molar-refractivity contribution >= 4 is 11.6 Å². The van der Waals surface area contributed by atoms with E-state index in [1.54, 1.807) is 0 Å². The Morgan fingerprint density at radius 3 is 2.59 bits per heavy atom. The lowest BCUT2D eigenvalue weighted by Crippen LogP contribution is -2.25. The van der Waals surface area contributed by atoms with Gasteiger partial charge in [-0.2, -0.15) is 0 Å². The van der Waals surface area contributed by atoms with E-state index in [4.69, 9.17) is 10.6 Å². The number of hydrazine groups is 1. The number of anilines is 2. The predicted molar refractivity (Wildman–Crippen MR) is 65.7 cm³/mol. The maximum absolute atomic E-state index is 9.69. The quantitative estimate of drug-likeness (QED) is 0.416. The zero-order chi connectivity index (χ0) is 12.8. The highest BCUT2D eigenvalue weighted by Crippen LogP contribution is 2.27. The molecule has 1 unspecified atom stereocenters. The average Bonchev–Trinajstić information content (AvgIpc) is 2.34. The van der Waals surface area contributed by atoms with Gasteiger partial charge in [-0.1, -0.05) is 13.8 Å². The molecule has 0 aromatic carbocycles. The van der Waals surface area contributed by atoms with E-state index in [-0.39, 0.29) is 5.92 Å². The fourth-order valence-corrected chi connectivity index (χ4v) is 1.23. The SMILES string of the molecule is COc1c(NN)ncnc1NCC(O)C(C)C. The molecule has 0 radical (unpaired) electrons. The van der Waals surface area contributed by atoms with E-state index < -0.39 is 6.10 Å². The van der Waals surface area contributed by atoms with Crippen LogP contribution in [0.2, 0.25) is 0 Å². The van der Waals surface area contributed by atoms with E-state index in [9.17, 15) is 5.11 Å². The molecule has 7 heteroatoms. The van der Waals surface area contributed by atoms with Crippen LogP contribution in [0.15, 0.2) is 6.33 Å². The second-order valence-electron chi connectivity index (χ2n) is 3.94. The minimum Gasteiger partial charge on any atom is -0.490 e. The van der Waals surface area contributed by atoms with Crippen molar-refractivity contribution in [3.8, 4) is 5.75 Å². The normalized spacial score (nSPS) is 12.4. The monoisotopic (exact) mass is 241 g/mol. The summed E-state index contributed by atoms with van der Waals surface area (Å²) in [6, 6.07) is 0. The zero-order valence-electron chi connectivity index (χ0n) is 10.3. The van der Waals surface area contributed by atoms with Gasteiger partial charge in [0.2, 0.25) is 5.75 Å². The van der Waals surface area contributed by atoms with Crippen molar-refractivity contribution in [3.63, 3.8) is 0 Å². The third-order valence-corrected chi connectivity index (χ3v) is 2.39. The van der Waals surface area contributed by atoms with Crippen molar-refractivity contribution in [1.29, 1.82) is 0 Å². The smallest absolute Gasteiger partial charge is 0.205 e. The summed E-state index contributed by atoms with van der Waals surface area (Å²) in [5, 5.41) is 12.7. The minimum absolute atomic E-state index is 0.169. The van der Waals surface area contributed by atoms with Crippen molar-refractivity contribution < 1.29 is 9.84 Å².